The molecule has 0 saturated heterocycles. The lowest BCUT2D eigenvalue weighted by Gasteiger charge is -2.38. The molecule has 2 N–H and O–H groups in total. The summed E-state index contributed by atoms with van der Waals surface area (Å²) in [6.07, 6.45) is 0.350. The summed E-state index contributed by atoms with van der Waals surface area (Å²) < 4.78 is 27.4. The number of nitrogens with zero attached hydrogens (tertiary/aromatic N) is 1. The number of carbonyl (C=O) groups is 1. The molecule has 2 aromatic carbocycles. The Labute approximate surface area is 143 Å². The Morgan fingerprint density at radius 3 is 2.60 bits per heavy atom. The van der Waals surface area contributed by atoms with E-state index in [1.807, 2.05) is 6.07 Å². The highest BCUT2D eigenvalue weighted by Gasteiger charge is 2.37. The van der Waals surface area contributed by atoms with Crippen molar-refractivity contribution in [2.45, 2.75) is 25.0 Å². The van der Waals surface area contributed by atoms with Gasteiger partial charge in [0.25, 0.3) is 5.91 Å². The van der Waals surface area contributed by atoms with Gasteiger partial charge in [-0.15, -0.1) is 0 Å². The first-order chi connectivity index (χ1) is 12.0. The van der Waals surface area contributed by atoms with E-state index < -0.39 is 29.7 Å². The molecule has 0 heterocycles. The molecule has 25 heavy (non-hydrogen) atoms. The molecular formula is C19H16F2N2O2. The second-order valence-electron chi connectivity index (χ2n) is 6.16. The maximum atomic E-state index is 14.2. The molecule has 1 atom stereocenters. The summed E-state index contributed by atoms with van der Waals surface area (Å²) in [5, 5.41) is 21.4. The molecule has 1 saturated carbocycles. The number of carbonyl (C=O) groups excluding carboxylic acids is 1. The predicted octanol–water partition coefficient (Wildman–Crippen LogP) is 3.08. The van der Waals surface area contributed by atoms with Crippen LogP contribution in [0.2, 0.25) is 0 Å². The number of rotatable bonds is 4. The molecule has 1 aliphatic carbocycles. The van der Waals surface area contributed by atoms with Gasteiger partial charge in [0.15, 0.2) is 0 Å². The number of hydrogen-bond donors (Lipinski definition) is 2. The van der Waals surface area contributed by atoms with Crippen molar-refractivity contribution in [2.75, 3.05) is 0 Å². The Bertz CT molecular complexity index is 842. The molecule has 1 fully saturated rings. The van der Waals surface area contributed by atoms with Crippen LogP contribution >= 0.6 is 0 Å². The summed E-state index contributed by atoms with van der Waals surface area (Å²) in [7, 11) is 0. The number of nitrogens with one attached hydrogen (secondary N) is 1. The zero-order valence-corrected chi connectivity index (χ0v) is 13.2. The van der Waals surface area contributed by atoms with E-state index in [1.165, 1.54) is 18.2 Å². The van der Waals surface area contributed by atoms with E-state index in [2.05, 4.69) is 5.32 Å². The Hall–Kier alpha value is -2.78. The van der Waals surface area contributed by atoms with Gasteiger partial charge in [0, 0.05) is 11.6 Å². The monoisotopic (exact) mass is 342 g/mol. The van der Waals surface area contributed by atoms with Crippen molar-refractivity contribution < 1.29 is 18.7 Å². The summed E-state index contributed by atoms with van der Waals surface area (Å²) in [6, 6.07) is 10.8. The third-order valence-corrected chi connectivity index (χ3v) is 4.50. The number of hydrogen-bond acceptors (Lipinski definition) is 3. The number of benzene rings is 2. The van der Waals surface area contributed by atoms with Gasteiger partial charge in [-0.05, 0) is 37.0 Å². The molecule has 1 amide bonds. The smallest absolute Gasteiger partial charge is 0.253 e. The van der Waals surface area contributed by atoms with Gasteiger partial charge in [-0.25, -0.2) is 8.78 Å². The van der Waals surface area contributed by atoms with E-state index in [4.69, 9.17) is 5.26 Å². The summed E-state index contributed by atoms with van der Waals surface area (Å²) in [5.74, 6) is -2.12. The molecule has 0 bridgehead atoms. The van der Waals surface area contributed by atoms with Crippen LogP contribution in [0.25, 0.3) is 0 Å². The zero-order valence-electron chi connectivity index (χ0n) is 13.2. The topological polar surface area (TPSA) is 73.1 Å². The lowest BCUT2D eigenvalue weighted by molar-refractivity contribution is 0.0229. The number of halogens is 2. The van der Waals surface area contributed by atoms with Gasteiger partial charge in [-0.1, -0.05) is 18.2 Å². The molecule has 4 nitrogen and oxygen atoms in total. The third kappa shape index (κ3) is 3.52. The fourth-order valence-corrected chi connectivity index (χ4v) is 3.10. The highest BCUT2D eigenvalue weighted by molar-refractivity contribution is 5.96. The molecular weight excluding hydrogens is 326 g/mol. The Morgan fingerprint density at radius 1 is 1.24 bits per heavy atom. The minimum Gasteiger partial charge on any atom is -0.393 e. The highest BCUT2D eigenvalue weighted by atomic mass is 19.1. The summed E-state index contributed by atoms with van der Waals surface area (Å²) in [5.41, 5.74) is 0.574. The average molecular weight is 342 g/mol. The number of aliphatic hydroxyl groups is 1. The van der Waals surface area contributed by atoms with Crippen molar-refractivity contribution in [1.29, 1.82) is 5.26 Å². The first-order valence-electron chi connectivity index (χ1n) is 7.92. The molecule has 128 valence electrons. The Morgan fingerprint density at radius 2 is 1.96 bits per heavy atom. The van der Waals surface area contributed by atoms with Crippen molar-refractivity contribution in [1.82, 2.24) is 5.32 Å². The number of nitriles is 1. The largest absolute Gasteiger partial charge is 0.393 e. The summed E-state index contributed by atoms with van der Waals surface area (Å²) >= 11 is 0. The van der Waals surface area contributed by atoms with Crippen LogP contribution in [0.4, 0.5) is 8.78 Å². The van der Waals surface area contributed by atoms with Crippen LogP contribution in [-0.4, -0.2) is 17.1 Å². The average Bonchev–Trinajstić information content (AvgIpc) is 2.57. The van der Waals surface area contributed by atoms with Gasteiger partial charge < -0.3 is 10.4 Å². The maximum Gasteiger partial charge on any atom is 0.253 e. The fraction of sp³-hybridized carbons (Fsp3) is 0.263. The minimum absolute atomic E-state index is 0.159. The molecule has 0 spiro atoms. The molecule has 3 rings (SSSR count). The van der Waals surface area contributed by atoms with Crippen LogP contribution in [0, 0.1) is 28.9 Å². The SMILES string of the molecule is N#Cc1ccccc1C(=O)NC(c1ccc(F)cc1F)C1CC(O)C1. The van der Waals surface area contributed by atoms with Gasteiger partial charge in [0.2, 0.25) is 0 Å². The van der Waals surface area contributed by atoms with Gasteiger partial charge in [0.05, 0.1) is 29.3 Å². The Balaban J connectivity index is 1.90. The van der Waals surface area contributed by atoms with Gasteiger partial charge in [-0.2, -0.15) is 5.26 Å². The second-order valence-corrected chi connectivity index (χ2v) is 6.16. The fourth-order valence-electron chi connectivity index (χ4n) is 3.10. The molecule has 1 aliphatic rings. The van der Waals surface area contributed by atoms with E-state index in [-0.39, 0.29) is 22.6 Å². The maximum absolute atomic E-state index is 14.2. The van der Waals surface area contributed by atoms with Crippen LogP contribution in [0.15, 0.2) is 42.5 Å². The van der Waals surface area contributed by atoms with Crippen LogP contribution in [0.5, 0.6) is 0 Å². The number of amides is 1. The molecule has 0 aliphatic heterocycles. The molecule has 6 heteroatoms. The van der Waals surface area contributed by atoms with E-state index in [0.717, 1.165) is 12.1 Å². The zero-order chi connectivity index (χ0) is 18.0. The van der Waals surface area contributed by atoms with Crippen LogP contribution < -0.4 is 5.32 Å². The van der Waals surface area contributed by atoms with E-state index in [1.54, 1.807) is 12.1 Å². The van der Waals surface area contributed by atoms with Crippen molar-refractivity contribution >= 4 is 5.91 Å². The van der Waals surface area contributed by atoms with Gasteiger partial charge >= 0.3 is 0 Å². The first-order valence-corrected chi connectivity index (χ1v) is 7.92. The quantitative estimate of drug-likeness (QED) is 0.897. The van der Waals surface area contributed by atoms with Gasteiger partial charge in [-0.3, -0.25) is 4.79 Å². The molecule has 1 unspecified atom stereocenters. The van der Waals surface area contributed by atoms with E-state index >= 15 is 0 Å². The molecule has 0 aromatic heterocycles. The number of aliphatic hydroxyl groups excluding tert-OH is 1. The summed E-state index contributed by atoms with van der Waals surface area (Å²) in [6.45, 7) is 0. The van der Waals surface area contributed by atoms with Crippen molar-refractivity contribution in [2.24, 2.45) is 5.92 Å². The first kappa shape index (κ1) is 17.1. The lowest BCUT2D eigenvalue weighted by atomic mass is 9.75. The normalized spacial score (nSPS) is 20.2. The highest BCUT2D eigenvalue weighted by Crippen LogP contribution is 2.39. The van der Waals surface area contributed by atoms with Crippen molar-refractivity contribution in [3.8, 4) is 6.07 Å². The lowest BCUT2D eigenvalue weighted by Crippen LogP contribution is -2.42. The standard InChI is InChI=1S/C19H16F2N2O2/c20-13-5-6-16(17(21)9-13)18(12-7-14(24)8-12)23-19(25)15-4-2-1-3-11(15)10-22/h1-6,9,12,14,18,24H,7-8H2,(H,23,25). The minimum atomic E-state index is -0.750. The van der Waals surface area contributed by atoms with Crippen LogP contribution in [0.1, 0.15) is 40.4 Å². The predicted molar refractivity (Wildman–Crippen MR) is 86.5 cm³/mol. The van der Waals surface area contributed by atoms with Crippen LogP contribution in [-0.2, 0) is 0 Å². The second kappa shape index (κ2) is 6.99. The molecule has 2 aromatic rings. The van der Waals surface area contributed by atoms with Gasteiger partial charge in [0.1, 0.15) is 11.6 Å². The Kier molecular flexibility index (Phi) is 4.77. The van der Waals surface area contributed by atoms with Crippen molar-refractivity contribution in [3.05, 3.63) is 70.8 Å². The third-order valence-electron chi connectivity index (χ3n) is 4.50. The van der Waals surface area contributed by atoms with E-state index in [0.29, 0.717) is 12.8 Å². The summed E-state index contributed by atoms with van der Waals surface area (Å²) in [4.78, 5) is 12.6. The van der Waals surface area contributed by atoms with Crippen molar-refractivity contribution in [3.63, 3.8) is 0 Å². The van der Waals surface area contributed by atoms with Crippen LogP contribution in [0.3, 0.4) is 0 Å². The molecule has 0 radical (unpaired) electrons. The van der Waals surface area contributed by atoms with E-state index in [9.17, 15) is 18.7 Å².